The molecule has 1 aliphatic rings. The van der Waals surface area contributed by atoms with Crippen molar-refractivity contribution < 1.29 is 9.53 Å². The number of carbonyl (C=O) groups excluding carboxylic acids is 1. The fourth-order valence-corrected chi connectivity index (χ4v) is 3.65. The third-order valence-corrected chi connectivity index (χ3v) is 5.59. The highest BCUT2D eigenvalue weighted by atomic mass is 35.5. The van der Waals surface area contributed by atoms with Crippen LogP contribution in [0.3, 0.4) is 0 Å². The van der Waals surface area contributed by atoms with Crippen LogP contribution in [0.5, 0.6) is 5.75 Å². The zero-order valence-corrected chi connectivity index (χ0v) is 16.6. The minimum Gasteiger partial charge on any atom is -0.496 e. The van der Waals surface area contributed by atoms with E-state index in [0.717, 1.165) is 32.5 Å². The highest BCUT2D eigenvalue weighted by Crippen LogP contribution is 2.29. The number of nitrogens with two attached hydrogens (primary N) is 1. The lowest BCUT2D eigenvalue weighted by atomic mass is 9.96. The minimum atomic E-state index is -0.181. The number of aromatic nitrogens is 1. The van der Waals surface area contributed by atoms with Crippen LogP contribution in [-0.4, -0.2) is 42.1 Å². The first-order valence-corrected chi connectivity index (χ1v) is 9.59. The van der Waals surface area contributed by atoms with Crippen molar-refractivity contribution in [3.05, 3.63) is 46.7 Å². The van der Waals surface area contributed by atoms with Crippen LogP contribution in [0.2, 0.25) is 5.02 Å². The van der Waals surface area contributed by atoms with Gasteiger partial charge in [-0.1, -0.05) is 11.6 Å². The van der Waals surface area contributed by atoms with Crippen LogP contribution in [0.25, 0.3) is 0 Å². The molecular formula is C20H27ClN4O2. The Morgan fingerprint density at radius 3 is 2.74 bits per heavy atom. The molecule has 3 N–H and O–H groups in total. The van der Waals surface area contributed by atoms with Crippen LogP contribution in [0, 0.1) is 5.92 Å². The number of benzene rings is 1. The number of hydrogen-bond donors (Lipinski definition) is 2. The predicted molar refractivity (Wildman–Crippen MR) is 108 cm³/mol. The maximum Gasteiger partial charge on any atom is 0.255 e. The maximum atomic E-state index is 12.5. The van der Waals surface area contributed by atoms with Gasteiger partial charge in [-0.2, -0.15) is 0 Å². The number of amides is 1. The topological polar surface area (TPSA) is 72.5 Å². The molecule has 1 aliphatic heterocycles. The van der Waals surface area contributed by atoms with Crippen LogP contribution < -0.4 is 15.8 Å². The van der Waals surface area contributed by atoms with E-state index in [1.807, 2.05) is 0 Å². The molecular weight excluding hydrogens is 364 g/mol. The molecule has 1 fully saturated rings. The molecule has 1 aromatic carbocycles. The zero-order valence-electron chi connectivity index (χ0n) is 15.9. The molecule has 2 heterocycles. The molecule has 1 aromatic heterocycles. The van der Waals surface area contributed by atoms with Gasteiger partial charge in [0.05, 0.1) is 23.4 Å². The molecule has 2 aromatic rings. The van der Waals surface area contributed by atoms with Crippen molar-refractivity contribution in [2.75, 3.05) is 32.5 Å². The van der Waals surface area contributed by atoms with Gasteiger partial charge < -0.3 is 20.4 Å². The third kappa shape index (κ3) is 4.76. The summed E-state index contributed by atoms with van der Waals surface area (Å²) in [5.74, 6) is 0.737. The fourth-order valence-electron chi connectivity index (χ4n) is 3.49. The molecule has 7 heteroatoms. The molecule has 0 spiro atoms. The Balaban J connectivity index is 1.49. The third-order valence-electron chi connectivity index (χ3n) is 5.26. The molecule has 146 valence electrons. The molecule has 0 radical (unpaired) electrons. The second-order valence-corrected chi connectivity index (χ2v) is 7.52. The minimum absolute atomic E-state index is 0.181. The van der Waals surface area contributed by atoms with Crippen molar-refractivity contribution in [2.24, 2.45) is 13.0 Å². The SMILES string of the molecule is COc1cc(N)c(Cl)cc1C(=O)NCC1CCN(Cc2cccn2C)CC1. The lowest BCUT2D eigenvalue weighted by Gasteiger charge is -2.32. The van der Waals surface area contributed by atoms with Crippen molar-refractivity contribution in [3.63, 3.8) is 0 Å². The predicted octanol–water partition coefficient (Wildman–Crippen LogP) is 2.91. The summed E-state index contributed by atoms with van der Waals surface area (Å²) >= 11 is 6.05. The average Bonchev–Trinajstić information content (AvgIpc) is 3.07. The van der Waals surface area contributed by atoms with Gasteiger partial charge in [-0.05, 0) is 50.0 Å². The van der Waals surface area contributed by atoms with E-state index in [0.29, 0.717) is 34.5 Å². The molecule has 3 rings (SSSR count). The van der Waals surface area contributed by atoms with Gasteiger partial charge in [0.2, 0.25) is 0 Å². The second kappa shape index (κ2) is 8.67. The van der Waals surface area contributed by atoms with Gasteiger partial charge in [0.1, 0.15) is 5.75 Å². The highest BCUT2D eigenvalue weighted by molar-refractivity contribution is 6.33. The number of rotatable bonds is 6. The number of methoxy groups -OCH3 is 1. The molecule has 1 saturated heterocycles. The van der Waals surface area contributed by atoms with Crippen LogP contribution in [0.4, 0.5) is 5.69 Å². The summed E-state index contributed by atoms with van der Waals surface area (Å²) in [7, 11) is 3.59. The van der Waals surface area contributed by atoms with Gasteiger partial charge in [0, 0.05) is 38.1 Å². The summed E-state index contributed by atoms with van der Waals surface area (Å²) in [6, 6.07) is 7.39. The van der Waals surface area contributed by atoms with E-state index in [9.17, 15) is 4.79 Å². The lowest BCUT2D eigenvalue weighted by molar-refractivity contribution is 0.0932. The summed E-state index contributed by atoms with van der Waals surface area (Å²) < 4.78 is 7.42. The number of nitrogen functional groups attached to an aromatic ring is 1. The molecule has 27 heavy (non-hydrogen) atoms. The van der Waals surface area contributed by atoms with Crippen LogP contribution in [-0.2, 0) is 13.6 Å². The average molecular weight is 391 g/mol. The zero-order chi connectivity index (χ0) is 19.4. The summed E-state index contributed by atoms with van der Waals surface area (Å²) in [6.07, 6.45) is 4.23. The van der Waals surface area contributed by atoms with Crippen molar-refractivity contribution in [1.82, 2.24) is 14.8 Å². The number of hydrogen-bond acceptors (Lipinski definition) is 4. The molecule has 0 atom stereocenters. The van der Waals surface area contributed by atoms with Crippen LogP contribution in [0.1, 0.15) is 28.9 Å². The van der Waals surface area contributed by atoms with E-state index in [1.165, 1.54) is 12.8 Å². The van der Waals surface area contributed by atoms with E-state index in [4.69, 9.17) is 22.1 Å². The Bertz CT molecular complexity index is 797. The van der Waals surface area contributed by atoms with E-state index < -0.39 is 0 Å². The Kier molecular flexibility index (Phi) is 6.29. The largest absolute Gasteiger partial charge is 0.496 e. The standard InChI is InChI=1S/C20H27ClN4O2/c1-24-7-3-4-15(24)13-25-8-5-14(6-9-25)12-23-20(26)16-10-17(21)18(22)11-19(16)27-2/h3-4,7,10-11,14H,5-6,8-9,12-13,22H2,1-2H3,(H,23,26). The maximum absolute atomic E-state index is 12.5. The number of carbonyl (C=O) groups is 1. The second-order valence-electron chi connectivity index (χ2n) is 7.11. The fraction of sp³-hybridized carbons (Fsp3) is 0.450. The van der Waals surface area contributed by atoms with E-state index in [1.54, 1.807) is 12.1 Å². The first-order chi connectivity index (χ1) is 13.0. The smallest absolute Gasteiger partial charge is 0.255 e. The first kappa shape index (κ1) is 19.6. The van der Waals surface area contributed by atoms with Crippen LogP contribution >= 0.6 is 11.6 Å². The first-order valence-electron chi connectivity index (χ1n) is 9.21. The quantitative estimate of drug-likeness (QED) is 0.744. The van der Waals surface area contributed by atoms with Gasteiger partial charge in [0.25, 0.3) is 5.91 Å². The van der Waals surface area contributed by atoms with Gasteiger partial charge in [-0.3, -0.25) is 9.69 Å². The summed E-state index contributed by atoms with van der Waals surface area (Å²) in [6.45, 7) is 3.72. The van der Waals surface area contributed by atoms with Gasteiger partial charge >= 0.3 is 0 Å². The number of ether oxygens (including phenoxy) is 1. The molecule has 0 unspecified atom stereocenters. The Labute approximate surface area is 165 Å². The number of nitrogens with zero attached hydrogens (tertiary/aromatic N) is 2. The number of likely N-dealkylation sites (tertiary alicyclic amines) is 1. The Hall–Kier alpha value is -2.18. The molecule has 0 saturated carbocycles. The van der Waals surface area contributed by atoms with Gasteiger partial charge in [-0.15, -0.1) is 0 Å². The molecule has 0 aliphatic carbocycles. The number of aryl methyl sites for hydroxylation is 1. The van der Waals surface area contributed by atoms with E-state index in [2.05, 4.69) is 40.2 Å². The molecule has 6 nitrogen and oxygen atoms in total. The van der Waals surface area contributed by atoms with Crippen molar-refractivity contribution in [2.45, 2.75) is 19.4 Å². The summed E-state index contributed by atoms with van der Waals surface area (Å²) in [5.41, 5.74) is 7.92. The number of piperidine rings is 1. The van der Waals surface area contributed by atoms with Gasteiger partial charge in [-0.25, -0.2) is 0 Å². The number of anilines is 1. The summed E-state index contributed by atoms with van der Waals surface area (Å²) in [4.78, 5) is 15.0. The van der Waals surface area contributed by atoms with E-state index >= 15 is 0 Å². The Morgan fingerprint density at radius 2 is 2.11 bits per heavy atom. The number of halogens is 1. The molecule has 1 amide bonds. The lowest BCUT2D eigenvalue weighted by Crippen LogP contribution is -2.38. The van der Waals surface area contributed by atoms with Crippen molar-refractivity contribution in [3.8, 4) is 5.75 Å². The monoisotopic (exact) mass is 390 g/mol. The van der Waals surface area contributed by atoms with Crippen LogP contribution in [0.15, 0.2) is 30.5 Å². The van der Waals surface area contributed by atoms with Gasteiger partial charge in [0.15, 0.2) is 0 Å². The summed E-state index contributed by atoms with van der Waals surface area (Å²) in [5, 5.41) is 3.37. The number of nitrogens with one attached hydrogen (secondary N) is 1. The normalized spacial score (nSPS) is 15.7. The molecule has 0 bridgehead atoms. The van der Waals surface area contributed by atoms with Crippen molar-refractivity contribution >= 4 is 23.2 Å². The Morgan fingerprint density at radius 1 is 1.37 bits per heavy atom. The van der Waals surface area contributed by atoms with E-state index in [-0.39, 0.29) is 5.91 Å². The highest BCUT2D eigenvalue weighted by Gasteiger charge is 2.21. The van der Waals surface area contributed by atoms with Crippen molar-refractivity contribution in [1.29, 1.82) is 0 Å².